The molecule has 0 atom stereocenters. The van der Waals surface area contributed by atoms with Crippen molar-refractivity contribution in [1.82, 2.24) is 14.7 Å². The van der Waals surface area contributed by atoms with E-state index in [9.17, 15) is 4.79 Å². The number of nitriles is 1. The molecular weight excluding hydrogens is 326 g/mol. The molecule has 26 heavy (non-hydrogen) atoms. The Kier molecular flexibility index (Phi) is 3.70. The zero-order valence-electron chi connectivity index (χ0n) is 14.3. The van der Waals surface area contributed by atoms with E-state index in [-0.39, 0.29) is 5.91 Å². The van der Waals surface area contributed by atoms with Crippen LogP contribution in [0.15, 0.2) is 48.7 Å². The van der Waals surface area contributed by atoms with Crippen molar-refractivity contribution in [3.8, 4) is 17.2 Å². The van der Waals surface area contributed by atoms with Gasteiger partial charge in [0.25, 0.3) is 5.91 Å². The fourth-order valence-electron chi connectivity index (χ4n) is 3.47. The van der Waals surface area contributed by atoms with Gasteiger partial charge in [-0.15, -0.1) is 0 Å². The number of allylic oxidation sites excluding steroid dienone is 1. The van der Waals surface area contributed by atoms with Crippen LogP contribution >= 0.6 is 0 Å². The van der Waals surface area contributed by atoms with Crippen molar-refractivity contribution in [2.24, 2.45) is 7.05 Å². The number of benzene rings is 2. The van der Waals surface area contributed by atoms with Crippen molar-refractivity contribution in [3.05, 3.63) is 59.8 Å². The summed E-state index contributed by atoms with van der Waals surface area (Å²) >= 11 is 0. The summed E-state index contributed by atoms with van der Waals surface area (Å²) in [7, 11) is 1.91. The molecule has 0 spiro atoms. The highest BCUT2D eigenvalue weighted by molar-refractivity contribution is 6.05. The first-order chi connectivity index (χ1) is 12.6. The topological polar surface area (TPSA) is 87.9 Å². The standard InChI is InChI=1S/C20H17N5O/c1-24-18-10-13(4-5-14(18)11-23-24)15-6-7-17(22)19-16(15)12-25(20(19)26)9-3-2-8-21/h2-7,10-11H,9,12,22H2,1H3/b3-2+. The maximum Gasteiger partial charge on any atom is 0.256 e. The number of amides is 1. The molecule has 0 fully saturated rings. The molecule has 128 valence electrons. The quantitative estimate of drug-likeness (QED) is 0.585. The number of nitrogen functional groups attached to an aromatic ring is 1. The fourth-order valence-corrected chi connectivity index (χ4v) is 3.47. The van der Waals surface area contributed by atoms with Gasteiger partial charge in [0.2, 0.25) is 0 Å². The monoisotopic (exact) mass is 343 g/mol. The number of anilines is 1. The lowest BCUT2D eigenvalue weighted by molar-refractivity contribution is 0.0797. The third-order valence-electron chi connectivity index (χ3n) is 4.77. The average molecular weight is 343 g/mol. The summed E-state index contributed by atoms with van der Waals surface area (Å²) in [5.74, 6) is -0.0939. The second kappa shape index (κ2) is 6.05. The molecule has 0 saturated carbocycles. The number of aryl methyl sites for hydroxylation is 1. The second-order valence-electron chi connectivity index (χ2n) is 6.31. The van der Waals surface area contributed by atoms with E-state index in [0.29, 0.717) is 24.3 Å². The fraction of sp³-hybridized carbons (Fsp3) is 0.150. The van der Waals surface area contributed by atoms with E-state index in [0.717, 1.165) is 27.6 Å². The summed E-state index contributed by atoms with van der Waals surface area (Å²) in [5, 5.41) is 14.0. The largest absolute Gasteiger partial charge is 0.398 e. The lowest BCUT2D eigenvalue weighted by Crippen LogP contribution is -2.24. The van der Waals surface area contributed by atoms with Crippen LogP contribution in [0.5, 0.6) is 0 Å². The summed E-state index contributed by atoms with van der Waals surface area (Å²) in [6.45, 7) is 0.869. The van der Waals surface area contributed by atoms with Crippen LogP contribution in [0.25, 0.3) is 22.0 Å². The highest BCUT2D eigenvalue weighted by Crippen LogP contribution is 2.36. The number of hydrogen-bond acceptors (Lipinski definition) is 4. The van der Waals surface area contributed by atoms with Gasteiger partial charge >= 0.3 is 0 Å². The van der Waals surface area contributed by atoms with E-state index in [4.69, 9.17) is 11.0 Å². The van der Waals surface area contributed by atoms with Gasteiger partial charge < -0.3 is 10.6 Å². The molecule has 1 aliphatic heterocycles. The molecule has 0 unspecified atom stereocenters. The van der Waals surface area contributed by atoms with E-state index in [2.05, 4.69) is 11.2 Å². The molecule has 0 saturated heterocycles. The Morgan fingerprint density at radius 3 is 3.00 bits per heavy atom. The molecule has 1 aromatic heterocycles. The smallest absolute Gasteiger partial charge is 0.256 e. The molecule has 6 nitrogen and oxygen atoms in total. The third-order valence-corrected chi connectivity index (χ3v) is 4.77. The van der Waals surface area contributed by atoms with Crippen LogP contribution in [0, 0.1) is 11.3 Å². The number of carbonyl (C=O) groups excluding carboxylic acids is 1. The Bertz CT molecular complexity index is 1100. The summed E-state index contributed by atoms with van der Waals surface area (Å²) in [6, 6.07) is 11.8. The van der Waals surface area contributed by atoms with Gasteiger partial charge in [0.05, 0.1) is 23.3 Å². The molecule has 2 aromatic carbocycles. The molecule has 0 radical (unpaired) electrons. The lowest BCUT2D eigenvalue weighted by atomic mass is 9.95. The average Bonchev–Trinajstić information content (AvgIpc) is 3.17. The highest BCUT2D eigenvalue weighted by atomic mass is 16.2. The number of aromatic nitrogens is 2. The Hall–Kier alpha value is -3.59. The van der Waals surface area contributed by atoms with E-state index in [1.165, 1.54) is 6.08 Å². The summed E-state index contributed by atoms with van der Waals surface area (Å²) in [4.78, 5) is 14.4. The summed E-state index contributed by atoms with van der Waals surface area (Å²) in [6.07, 6.45) is 4.90. The van der Waals surface area contributed by atoms with Gasteiger partial charge in [-0.2, -0.15) is 10.4 Å². The van der Waals surface area contributed by atoms with Crippen molar-refractivity contribution >= 4 is 22.5 Å². The molecule has 1 aliphatic rings. The van der Waals surface area contributed by atoms with E-state index >= 15 is 0 Å². The van der Waals surface area contributed by atoms with Crippen LogP contribution in [0.1, 0.15) is 15.9 Å². The number of fused-ring (bicyclic) bond motifs is 2. The van der Waals surface area contributed by atoms with Crippen molar-refractivity contribution in [3.63, 3.8) is 0 Å². The molecule has 0 aliphatic carbocycles. The Labute approximate surface area is 150 Å². The SMILES string of the molecule is Cn1ncc2ccc(-c3ccc(N)c4c3CN(C/C=C/C#N)C4=O)cc21. The van der Waals surface area contributed by atoms with Crippen molar-refractivity contribution in [2.45, 2.75) is 6.54 Å². The van der Waals surface area contributed by atoms with Crippen molar-refractivity contribution in [2.75, 3.05) is 12.3 Å². The maximum absolute atomic E-state index is 12.7. The number of nitrogens with zero attached hydrogens (tertiary/aromatic N) is 4. The van der Waals surface area contributed by atoms with E-state index in [1.807, 2.05) is 42.2 Å². The molecule has 2 heterocycles. The zero-order chi connectivity index (χ0) is 18.3. The normalized spacial score (nSPS) is 13.5. The van der Waals surface area contributed by atoms with Gasteiger partial charge in [-0.3, -0.25) is 9.48 Å². The minimum absolute atomic E-state index is 0.0939. The Balaban J connectivity index is 1.80. The van der Waals surface area contributed by atoms with E-state index in [1.54, 1.807) is 17.0 Å². The predicted octanol–water partition coefficient (Wildman–Crippen LogP) is 2.86. The zero-order valence-corrected chi connectivity index (χ0v) is 14.3. The number of carbonyl (C=O) groups is 1. The van der Waals surface area contributed by atoms with Crippen LogP contribution < -0.4 is 5.73 Å². The van der Waals surface area contributed by atoms with Gasteiger partial charge in [-0.05, 0) is 28.8 Å². The maximum atomic E-state index is 12.7. The van der Waals surface area contributed by atoms with Crippen LogP contribution in [-0.4, -0.2) is 27.1 Å². The molecule has 0 bridgehead atoms. The van der Waals surface area contributed by atoms with Gasteiger partial charge in [0, 0.05) is 37.3 Å². The number of rotatable bonds is 3. The third kappa shape index (κ3) is 2.42. The molecule has 2 N–H and O–H groups in total. The van der Waals surface area contributed by atoms with Gasteiger partial charge in [0.1, 0.15) is 0 Å². The van der Waals surface area contributed by atoms with Gasteiger partial charge in [-0.25, -0.2) is 0 Å². The minimum atomic E-state index is -0.0939. The molecular formula is C20H17N5O. The lowest BCUT2D eigenvalue weighted by Gasteiger charge is -2.12. The van der Waals surface area contributed by atoms with Crippen molar-refractivity contribution < 1.29 is 4.79 Å². The minimum Gasteiger partial charge on any atom is -0.398 e. The highest BCUT2D eigenvalue weighted by Gasteiger charge is 2.31. The Morgan fingerprint density at radius 1 is 1.35 bits per heavy atom. The molecule has 1 amide bonds. The molecule has 6 heteroatoms. The Morgan fingerprint density at radius 2 is 2.19 bits per heavy atom. The van der Waals surface area contributed by atoms with Crippen LogP contribution in [0.3, 0.4) is 0 Å². The first-order valence-corrected chi connectivity index (χ1v) is 8.27. The van der Waals surface area contributed by atoms with Crippen LogP contribution in [0.4, 0.5) is 5.69 Å². The second-order valence-corrected chi connectivity index (χ2v) is 6.31. The van der Waals surface area contributed by atoms with Gasteiger partial charge in [-0.1, -0.05) is 24.3 Å². The van der Waals surface area contributed by atoms with Crippen LogP contribution in [-0.2, 0) is 13.6 Å². The molecule has 3 aromatic rings. The first kappa shape index (κ1) is 15.9. The molecule has 4 rings (SSSR count). The summed E-state index contributed by atoms with van der Waals surface area (Å²) < 4.78 is 1.83. The summed E-state index contributed by atoms with van der Waals surface area (Å²) in [5.41, 5.74) is 11.1. The van der Waals surface area contributed by atoms with Gasteiger partial charge in [0.15, 0.2) is 0 Å². The van der Waals surface area contributed by atoms with Crippen LogP contribution in [0.2, 0.25) is 0 Å². The van der Waals surface area contributed by atoms with Crippen molar-refractivity contribution in [1.29, 1.82) is 5.26 Å². The predicted molar refractivity (Wildman–Crippen MR) is 100 cm³/mol. The number of nitrogens with two attached hydrogens (primary N) is 1. The van der Waals surface area contributed by atoms with E-state index < -0.39 is 0 Å². The number of hydrogen-bond donors (Lipinski definition) is 1. The first-order valence-electron chi connectivity index (χ1n) is 8.27.